The molecule has 3 saturated heterocycles. The number of anilines is 1. The van der Waals surface area contributed by atoms with E-state index in [9.17, 15) is 24.5 Å². The number of rotatable bonds is 6. The maximum atomic E-state index is 13.1. The second kappa shape index (κ2) is 10.6. The van der Waals surface area contributed by atoms with E-state index in [2.05, 4.69) is 4.90 Å². The van der Waals surface area contributed by atoms with E-state index in [-0.39, 0.29) is 28.0 Å². The Bertz CT molecular complexity index is 1340. The fourth-order valence-corrected chi connectivity index (χ4v) is 6.34. The van der Waals surface area contributed by atoms with E-state index in [0.717, 1.165) is 78.8 Å². The van der Waals surface area contributed by atoms with Crippen LogP contribution in [-0.4, -0.2) is 69.1 Å². The van der Waals surface area contributed by atoms with Crippen LogP contribution in [0.5, 0.6) is 0 Å². The average molecular weight is 538 g/mol. The van der Waals surface area contributed by atoms with Gasteiger partial charge in [0.05, 0.1) is 15.5 Å². The summed E-state index contributed by atoms with van der Waals surface area (Å²) in [6, 6.07) is 7.17. The molecule has 38 heavy (non-hydrogen) atoms. The first-order chi connectivity index (χ1) is 18.2. The molecule has 5 rings (SSSR count). The number of hydrogen-bond donors (Lipinski definition) is 0. The predicted molar refractivity (Wildman–Crippen MR) is 146 cm³/mol. The van der Waals surface area contributed by atoms with Crippen molar-refractivity contribution in [3.8, 4) is 5.69 Å². The van der Waals surface area contributed by atoms with Crippen LogP contribution in [0, 0.1) is 24.0 Å². The molecule has 0 N–H and O–H groups in total. The van der Waals surface area contributed by atoms with E-state index in [1.54, 1.807) is 17.0 Å². The summed E-state index contributed by atoms with van der Waals surface area (Å²) in [6.45, 7) is 6.47. The summed E-state index contributed by atoms with van der Waals surface area (Å²) in [5.74, 6) is -0.675. The zero-order valence-electron chi connectivity index (χ0n) is 21.6. The summed E-state index contributed by atoms with van der Waals surface area (Å²) in [5.41, 5.74) is 3.74. The minimum atomic E-state index is -0.472. The normalized spacial score (nSPS) is 19.2. The van der Waals surface area contributed by atoms with Crippen LogP contribution in [0.1, 0.15) is 49.1 Å². The van der Waals surface area contributed by atoms with Crippen LogP contribution < -0.4 is 4.90 Å². The van der Waals surface area contributed by atoms with Crippen molar-refractivity contribution in [3.63, 3.8) is 0 Å². The number of benzene rings is 1. The molecule has 200 valence electrons. The zero-order chi connectivity index (χ0) is 27.0. The van der Waals surface area contributed by atoms with Gasteiger partial charge in [-0.05, 0) is 87.6 Å². The average Bonchev–Trinajstić information content (AvgIpc) is 3.60. The smallest absolute Gasteiger partial charge is 0.294 e. The predicted octanol–water partition coefficient (Wildman–Crippen LogP) is 4.65. The highest BCUT2D eigenvalue weighted by molar-refractivity contribution is 8.18. The van der Waals surface area contributed by atoms with Gasteiger partial charge in [0.25, 0.3) is 16.8 Å². The maximum absolute atomic E-state index is 13.1. The number of aromatic nitrogens is 1. The number of amides is 3. The summed E-state index contributed by atoms with van der Waals surface area (Å²) >= 11 is 0.831. The van der Waals surface area contributed by atoms with Gasteiger partial charge < -0.3 is 14.4 Å². The van der Waals surface area contributed by atoms with Crippen LogP contribution in [0.25, 0.3) is 11.8 Å². The quantitative estimate of drug-likeness (QED) is 0.300. The van der Waals surface area contributed by atoms with Crippen molar-refractivity contribution in [1.29, 1.82) is 0 Å². The molecule has 1 aromatic heterocycles. The Labute approximate surface area is 225 Å². The third-order valence-electron chi connectivity index (χ3n) is 7.49. The van der Waals surface area contributed by atoms with E-state index in [1.165, 1.54) is 0 Å². The Kier molecular flexibility index (Phi) is 7.29. The highest BCUT2D eigenvalue weighted by atomic mass is 32.2. The van der Waals surface area contributed by atoms with Gasteiger partial charge in [-0.1, -0.05) is 0 Å². The molecule has 0 spiro atoms. The van der Waals surface area contributed by atoms with E-state index in [4.69, 9.17) is 0 Å². The van der Waals surface area contributed by atoms with Crippen LogP contribution in [-0.2, 0) is 9.59 Å². The summed E-state index contributed by atoms with van der Waals surface area (Å²) in [6.07, 6.45) is 6.68. The lowest BCUT2D eigenvalue weighted by atomic mass is 10.1. The third-order valence-corrected chi connectivity index (χ3v) is 8.40. The Morgan fingerprint density at radius 2 is 1.71 bits per heavy atom. The molecule has 0 saturated carbocycles. The van der Waals surface area contributed by atoms with Crippen molar-refractivity contribution in [3.05, 3.63) is 56.2 Å². The van der Waals surface area contributed by atoms with Gasteiger partial charge >= 0.3 is 0 Å². The molecule has 1 aromatic carbocycles. The van der Waals surface area contributed by atoms with Crippen LogP contribution in [0.2, 0.25) is 0 Å². The van der Waals surface area contributed by atoms with E-state index < -0.39 is 11.1 Å². The minimum absolute atomic E-state index is 0.0675. The first-order valence-electron chi connectivity index (χ1n) is 13.0. The number of nitro groups is 1. The van der Waals surface area contributed by atoms with Gasteiger partial charge in [-0.2, -0.15) is 0 Å². The zero-order valence-corrected chi connectivity index (χ0v) is 22.5. The van der Waals surface area contributed by atoms with Crippen molar-refractivity contribution in [2.75, 3.05) is 37.6 Å². The molecule has 4 heterocycles. The lowest BCUT2D eigenvalue weighted by Gasteiger charge is -2.27. The summed E-state index contributed by atoms with van der Waals surface area (Å²) in [4.78, 5) is 54.9. The first kappa shape index (κ1) is 26.0. The standard InChI is InChI=1S/C27H31N5O5S/c1-18-14-20(15-24-26(34)30(27(35)38-24)17-25(33)29-12-4-3-5-13-29)19(2)31(18)21-8-9-22(23(16-21)32(36)37)28-10-6-7-11-28/h8-9,14-16H,3-7,10-13,17H2,1-2H3/b24-15-. The number of thioether (sulfide) groups is 1. The molecule has 0 unspecified atom stereocenters. The molecule has 0 atom stereocenters. The molecule has 3 amide bonds. The second-order valence-corrected chi connectivity index (χ2v) is 11.0. The topological polar surface area (TPSA) is 109 Å². The Hall–Kier alpha value is -3.60. The second-order valence-electron chi connectivity index (χ2n) is 10.00. The molecular weight excluding hydrogens is 506 g/mol. The molecule has 0 bridgehead atoms. The number of aryl methyl sites for hydroxylation is 1. The van der Waals surface area contributed by atoms with E-state index in [0.29, 0.717) is 24.5 Å². The number of carbonyl (C=O) groups excluding carboxylic acids is 3. The summed E-state index contributed by atoms with van der Waals surface area (Å²) in [7, 11) is 0. The summed E-state index contributed by atoms with van der Waals surface area (Å²) in [5, 5.41) is 11.4. The van der Waals surface area contributed by atoms with Gasteiger partial charge in [0, 0.05) is 43.6 Å². The van der Waals surface area contributed by atoms with Gasteiger partial charge in [-0.15, -0.1) is 0 Å². The molecule has 3 fully saturated rings. The molecule has 0 radical (unpaired) electrons. The Morgan fingerprint density at radius 3 is 2.39 bits per heavy atom. The molecule has 2 aromatic rings. The van der Waals surface area contributed by atoms with Crippen LogP contribution in [0.4, 0.5) is 16.2 Å². The van der Waals surface area contributed by atoms with Crippen molar-refractivity contribution in [2.45, 2.75) is 46.0 Å². The molecule has 10 nitrogen and oxygen atoms in total. The third kappa shape index (κ3) is 4.94. The van der Waals surface area contributed by atoms with Crippen LogP contribution in [0.15, 0.2) is 29.2 Å². The van der Waals surface area contributed by atoms with Gasteiger partial charge in [0.2, 0.25) is 5.91 Å². The molecule has 11 heteroatoms. The van der Waals surface area contributed by atoms with Gasteiger partial charge in [0.1, 0.15) is 12.2 Å². The maximum Gasteiger partial charge on any atom is 0.294 e. The first-order valence-corrected chi connectivity index (χ1v) is 13.8. The van der Waals surface area contributed by atoms with E-state index in [1.807, 2.05) is 36.6 Å². The Balaban J connectivity index is 1.39. The van der Waals surface area contributed by atoms with Crippen molar-refractivity contribution >= 4 is 46.3 Å². The number of imide groups is 1. The monoisotopic (exact) mass is 537 g/mol. The highest BCUT2D eigenvalue weighted by Crippen LogP contribution is 2.36. The van der Waals surface area contributed by atoms with Gasteiger partial charge in [-0.3, -0.25) is 29.4 Å². The van der Waals surface area contributed by atoms with Crippen LogP contribution >= 0.6 is 11.8 Å². The SMILES string of the molecule is Cc1cc(/C=C2\SC(=O)N(CC(=O)N3CCCCC3)C2=O)c(C)n1-c1ccc(N2CCCC2)c([N+](=O)[O-])c1. The highest BCUT2D eigenvalue weighted by Gasteiger charge is 2.37. The molecular formula is C27H31N5O5S. The molecule has 3 aliphatic rings. The van der Waals surface area contributed by atoms with Crippen LogP contribution in [0.3, 0.4) is 0 Å². The lowest BCUT2D eigenvalue weighted by molar-refractivity contribution is -0.384. The van der Waals surface area contributed by atoms with Gasteiger partial charge in [0.15, 0.2) is 0 Å². The Morgan fingerprint density at radius 1 is 1.03 bits per heavy atom. The number of nitrogens with zero attached hydrogens (tertiary/aromatic N) is 5. The van der Waals surface area contributed by atoms with Crippen molar-refractivity contribution in [1.82, 2.24) is 14.4 Å². The number of carbonyl (C=O) groups is 3. The fraction of sp³-hybridized carbons (Fsp3) is 0.444. The van der Waals surface area contributed by atoms with Crippen molar-refractivity contribution in [2.24, 2.45) is 0 Å². The fourth-order valence-electron chi connectivity index (χ4n) is 5.51. The molecule has 0 aliphatic carbocycles. The van der Waals surface area contributed by atoms with Crippen molar-refractivity contribution < 1.29 is 19.3 Å². The van der Waals surface area contributed by atoms with Gasteiger partial charge in [-0.25, -0.2) is 0 Å². The number of likely N-dealkylation sites (tertiary alicyclic amines) is 1. The van der Waals surface area contributed by atoms with E-state index >= 15 is 0 Å². The molecule has 3 aliphatic heterocycles. The number of piperidine rings is 1. The number of hydrogen-bond acceptors (Lipinski definition) is 7. The minimum Gasteiger partial charge on any atom is -0.366 e. The summed E-state index contributed by atoms with van der Waals surface area (Å²) < 4.78 is 1.91. The lowest BCUT2D eigenvalue weighted by Crippen LogP contribution is -2.44. The number of nitro benzene ring substituents is 1. The largest absolute Gasteiger partial charge is 0.366 e.